The number of hydrogen-bond donors (Lipinski definition) is 1. The molecule has 0 aliphatic carbocycles. The minimum Gasteiger partial charge on any atom is -0.376 e. The Kier molecular flexibility index (Phi) is 6.04. The second kappa shape index (κ2) is 8.44. The quantitative estimate of drug-likeness (QED) is 0.862. The molecule has 1 N–H and O–H groups in total. The number of urea groups is 1. The highest BCUT2D eigenvalue weighted by atomic mass is 16.5. The summed E-state index contributed by atoms with van der Waals surface area (Å²) < 4.78 is 5.55. The summed E-state index contributed by atoms with van der Waals surface area (Å²) >= 11 is 0. The molecule has 0 aromatic carbocycles. The van der Waals surface area contributed by atoms with Gasteiger partial charge in [0.15, 0.2) is 0 Å². The van der Waals surface area contributed by atoms with Crippen molar-refractivity contribution in [2.45, 2.75) is 31.9 Å². The highest BCUT2D eigenvalue weighted by molar-refractivity contribution is 5.74. The second-order valence-electron chi connectivity index (χ2n) is 6.98. The van der Waals surface area contributed by atoms with Crippen molar-refractivity contribution >= 4 is 6.03 Å². The zero-order valence-corrected chi connectivity index (χ0v) is 14.5. The van der Waals surface area contributed by atoms with Gasteiger partial charge in [-0.1, -0.05) is 6.07 Å². The summed E-state index contributed by atoms with van der Waals surface area (Å²) in [7, 11) is 2.13. The van der Waals surface area contributed by atoms with Gasteiger partial charge in [-0.2, -0.15) is 0 Å². The lowest BCUT2D eigenvalue weighted by molar-refractivity contribution is 0.109. The number of rotatable bonds is 6. The Morgan fingerprint density at radius 1 is 1.50 bits per heavy atom. The second-order valence-corrected chi connectivity index (χ2v) is 6.98. The zero-order chi connectivity index (χ0) is 16.8. The van der Waals surface area contributed by atoms with Crippen LogP contribution in [0, 0.1) is 5.92 Å². The van der Waals surface area contributed by atoms with Crippen LogP contribution >= 0.6 is 0 Å². The molecule has 6 nitrogen and oxygen atoms in total. The fourth-order valence-corrected chi connectivity index (χ4v) is 3.59. The molecule has 24 heavy (non-hydrogen) atoms. The van der Waals surface area contributed by atoms with E-state index in [1.54, 1.807) is 6.20 Å². The molecule has 132 valence electrons. The van der Waals surface area contributed by atoms with Crippen LogP contribution in [0.2, 0.25) is 0 Å². The normalized spacial score (nSPS) is 23.8. The van der Waals surface area contributed by atoms with Crippen LogP contribution in [-0.2, 0) is 11.3 Å². The fourth-order valence-electron chi connectivity index (χ4n) is 3.59. The van der Waals surface area contributed by atoms with Crippen molar-refractivity contribution in [1.82, 2.24) is 20.1 Å². The third kappa shape index (κ3) is 4.92. The van der Waals surface area contributed by atoms with Crippen LogP contribution in [0.4, 0.5) is 4.79 Å². The summed E-state index contributed by atoms with van der Waals surface area (Å²) in [6, 6.07) is 4.13. The minimum absolute atomic E-state index is 0.0583. The van der Waals surface area contributed by atoms with E-state index in [9.17, 15) is 4.79 Å². The van der Waals surface area contributed by atoms with Crippen LogP contribution < -0.4 is 5.32 Å². The van der Waals surface area contributed by atoms with Gasteiger partial charge in [-0.3, -0.25) is 4.98 Å². The number of hydrogen-bond acceptors (Lipinski definition) is 4. The van der Waals surface area contributed by atoms with Gasteiger partial charge in [-0.25, -0.2) is 4.79 Å². The van der Waals surface area contributed by atoms with Gasteiger partial charge in [0.2, 0.25) is 0 Å². The van der Waals surface area contributed by atoms with E-state index in [1.165, 1.54) is 5.56 Å². The smallest absolute Gasteiger partial charge is 0.317 e. The molecule has 0 radical (unpaired) electrons. The Morgan fingerprint density at radius 2 is 2.42 bits per heavy atom. The Hall–Kier alpha value is -1.66. The van der Waals surface area contributed by atoms with Gasteiger partial charge in [0, 0.05) is 51.7 Å². The van der Waals surface area contributed by atoms with Crippen molar-refractivity contribution in [2.24, 2.45) is 5.92 Å². The largest absolute Gasteiger partial charge is 0.376 e. The van der Waals surface area contributed by atoms with Gasteiger partial charge >= 0.3 is 6.03 Å². The van der Waals surface area contributed by atoms with Crippen LogP contribution in [-0.4, -0.2) is 66.8 Å². The van der Waals surface area contributed by atoms with Gasteiger partial charge in [0.1, 0.15) is 0 Å². The van der Waals surface area contributed by atoms with Crippen molar-refractivity contribution in [2.75, 3.05) is 39.8 Å². The molecule has 0 spiro atoms. The minimum atomic E-state index is 0.0583. The van der Waals surface area contributed by atoms with E-state index in [0.29, 0.717) is 12.5 Å². The molecule has 3 rings (SSSR count). The lowest BCUT2D eigenvalue weighted by atomic mass is 10.1. The molecule has 3 heterocycles. The van der Waals surface area contributed by atoms with Crippen molar-refractivity contribution in [3.05, 3.63) is 30.1 Å². The van der Waals surface area contributed by atoms with E-state index in [-0.39, 0.29) is 12.1 Å². The number of carbonyl (C=O) groups excluding carboxylic acids is 1. The Balaban J connectivity index is 1.37. The maximum Gasteiger partial charge on any atom is 0.317 e. The molecule has 2 atom stereocenters. The molecule has 2 aliphatic rings. The SMILES string of the molecule is CN(Cc1cccnc1)C[C@@H]1CCN(C(=O)NC[C@H]2CCCO2)C1. The summed E-state index contributed by atoms with van der Waals surface area (Å²) in [4.78, 5) is 20.7. The molecule has 0 bridgehead atoms. The van der Waals surface area contributed by atoms with Gasteiger partial charge in [-0.15, -0.1) is 0 Å². The molecular formula is C18H28N4O2. The molecule has 2 amide bonds. The van der Waals surface area contributed by atoms with Gasteiger partial charge < -0.3 is 19.9 Å². The van der Waals surface area contributed by atoms with E-state index in [2.05, 4.69) is 28.3 Å². The third-order valence-corrected chi connectivity index (χ3v) is 4.82. The molecule has 0 saturated carbocycles. The lowest BCUT2D eigenvalue weighted by Crippen LogP contribution is -2.42. The molecule has 2 aliphatic heterocycles. The van der Waals surface area contributed by atoms with E-state index >= 15 is 0 Å². The Bertz CT molecular complexity index is 519. The van der Waals surface area contributed by atoms with Crippen molar-refractivity contribution < 1.29 is 9.53 Å². The fraction of sp³-hybridized carbons (Fsp3) is 0.667. The first kappa shape index (κ1) is 17.2. The molecular weight excluding hydrogens is 304 g/mol. The summed E-state index contributed by atoms with van der Waals surface area (Å²) in [5.74, 6) is 0.542. The molecule has 0 unspecified atom stereocenters. The number of nitrogens with one attached hydrogen (secondary N) is 1. The van der Waals surface area contributed by atoms with Crippen molar-refractivity contribution in [3.63, 3.8) is 0 Å². The van der Waals surface area contributed by atoms with Crippen LogP contribution in [0.15, 0.2) is 24.5 Å². The zero-order valence-electron chi connectivity index (χ0n) is 14.5. The Morgan fingerprint density at radius 3 is 3.17 bits per heavy atom. The number of amides is 2. The summed E-state index contributed by atoms with van der Waals surface area (Å²) in [5, 5.41) is 3.02. The van der Waals surface area contributed by atoms with Crippen molar-refractivity contribution in [3.8, 4) is 0 Å². The number of nitrogens with zero attached hydrogens (tertiary/aromatic N) is 3. The first-order chi connectivity index (χ1) is 11.7. The maximum absolute atomic E-state index is 12.3. The molecule has 2 saturated heterocycles. The third-order valence-electron chi connectivity index (χ3n) is 4.82. The first-order valence-corrected chi connectivity index (χ1v) is 8.92. The molecule has 1 aromatic heterocycles. The maximum atomic E-state index is 12.3. The van der Waals surface area contributed by atoms with E-state index in [0.717, 1.165) is 52.0 Å². The number of carbonyl (C=O) groups is 1. The number of pyridine rings is 1. The molecule has 6 heteroatoms. The molecule has 1 aromatic rings. The topological polar surface area (TPSA) is 57.7 Å². The Labute approximate surface area is 144 Å². The number of ether oxygens (including phenoxy) is 1. The predicted octanol–water partition coefficient (Wildman–Crippen LogP) is 1.72. The lowest BCUT2D eigenvalue weighted by Gasteiger charge is -2.22. The monoisotopic (exact) mass is 332 g/mol. The summed E-state index contributed by atoms with van der Waals surface area (Å²) in [6.45, 7) is 5.06. The average molecular weight is 332 g/mol. The van der Waals surface area contributed by atoms with E-state index < -0.39 is 0 Å². The highest BCUT2D eigenvalue weighted by Crippen LogP contribution is 2.18. The van der Waals surface area contributed by atoms with Gasteiger partial charge in [0.25, 0.3) is 0 Å². The van der Waals surface area contributed by atoms with Crippen LogP contribution in [0.25, 0.3) is 0 Å². The van der Waals surface area contributed by atoms with Gasteiger partial charge in [-0.05, 0) is 43.9 Å². The van der Waals surface area contributed by atoms with Crippen LogP contribution in [0.3, 0.4) is 0 Å². The summed E-state index contributed by atoms with van der Waals surface area (Å²) in [5.41, 5.74) is 1.23. The van der Waals surface area contributed by atoms with E-state index in [4.69, 9.17) is 4.74 Å². The summed E-state index contributed by atoms with van der Waals surface area (Å²) in [6.07, 6.45) is 7.16. The predicted molar refractivity (Wildman–Crippen MR) is 92.6 cm³/mol. The van der Waals surface area contributed by atoms with E-state index in [1.807, 2.05) is 17.2 Å². The average Bonchev–Trinajstić information content (AvgIpc) is 3.25. The first-order valence-electron chi connectivity index (χ1n) is 8.92. The van der Waals surface area contributed by atoms with Gasteiger partial charge in [0.05, 0.1) is 6.10 Å². The van der Waals surface area contributed by atoms with Crippen molar-refractivity contribution in [1.29, 1.82) is 0 Å². The standard InChI is InChI=1S/C18H28N4O2/c1-21(12-15-4-2-7-19-10-15)13-16-6-8-22(14-16)18(23)20-11-17-5-3-9-24-17/h2,4,7,10,16-17H,3,5-6,8-9,11-14H2,1H3,(H,20,23)/t16-,17+/m0/s1. The van der Waals surface area contributed by atoms with Crippen LogP contribution in [0.1, 0.15) is 24.8 Å². The highest BCUT2D eigenvalue weighted by Gasteiger charge is 2.27. The number of likely N-dealkylation sites (tertiary alicyclic amines) is 1. The van der Waals surface area contributed by atoms with Crippen LogP contribution in [0.5, 0.6) is 0 Å². The molecule has 2 fully saturated rings. The number of aromatic nitrogens is 1.